The van der Waals surface area contributed by atoms with E-state index in [4.69, 9.17) is 4.74 Å². The molecule has 2 aromatic rings. The Morgan fingerprint density at radius 3 is 2.30 bits per heavy atom. The minimum absolute atomic E-state index is 0.00613. The molecule has 6 nitrogen and oxygen atoms in total. The molecule has 0 radical (unpaired) electrons. The van der Waals surface area contributed by atoms with Crippen molar-refractivity contribution in [3.8, 4) is 5.75 Å². The van der Waals surface area contributed by atoms with Crippen molar-refractivity contribution in [1.29, 1.82) is 0 Å². The van der Waals surface area contributed by atoms with Gasteiger partial charge in [0, 0.05) is 6.04 Å². The van der Waals surface area contributed by atoms with Gasteiger partial charge in [-0.15, -0.1) is 0 Å². The van der Waals surface area contributed by atoms with Crippen LogP contribution in [0.2, 0.25) is 0 Å². The van der Waals surface area contributed by atoms with Crippen LogP contribution >= 0.6 is 0 Å². The smallest absolute Gasteiger partial charge is 0.258 e. The summed E-state index contributed by atoms with van der Waals surface area (Å²) in [5.41, 5.74) is 5.32. The summed E-state index contributed by atoms with van der Waals surface area (Å²) in [5.74, 6) is 0.270. The molecule has 1 aliphatic rings. The summed E-state index contributed by atoms with van der Waals surface area (Å²) in [6.07, 6.45) is 5.05. The molecule has 1 saturated carbocycles. The molecule has 0 aliphatic heterocycles. The number of nitrogens with one attached hydrogen (secondary N) is 2. The second-order valence-electron chi connectivity index (χ2n) is 9.25. The first-order valence-corrected chi connectivity index (χ1v) is 13.2. The molecule has 1 aliphatic carbocycles. The highest BCUT2D eigenvalue weighted by molar-refractivity contribution is 7.89. The van der Waals surface area contributed by atoms with Crippen LogP contribution in [0, 0.1) is 27.7 Å². The molecule has 33 heavy (non-hydrogen) atoms. The lowest BCUT2D eigenvalue weighted by molar-refractivity contribution is -0.123. The molecule has 1 amide bonds. The third-order valence-electron chi connectivity index (χ3n) is 6.47. The van der Waals surface area contributed by atoms with Crippen LogP contribution in [0.3, 0.4) is 0 Å². The standard InChI is InChI=1S/C26H36N2O4S/c1-17-13-19(3)24(15-18(17)2)21(5)27-26(29)16-32-25-12-11-23(14-20(25)4)33(30,31)28-22-9-7-6-8-10-22/h11-15,21-22,28H,6-10,16H2,1-5H3,(H,27,29)/t21-/m1/s1. The van der Waals surface area contributed by atoms with Gasteiger partial charge in [0.15, 0.2) is 6.61 Å². The van der Waals surface area contributed by atoms with Gasteiger partial charge in [0.05, 0.1) is 10.9 Å². The third-order valence-corrected chi connectivity index (χ3v) is 7.99. The largest absolute Gasteiger partial charge is 0.484 e. The summed E-state index contributed by atoms with van der Waals surface area (Å²) in [6.45, 7) is 9.79. The maximum Gasteiger partial charge on any atom is 0.258 e. The second kappa shape index (κ2) is 10.7. The Labute approximate surface area is 198 Å². The van der Waals surface area contributed by atoms with Gasteiger partial charge in [0.25, 0.3) is 5.91 Å². The van der Waals surface area contributed by atoms with Gasteiger partial charge in [-0.2, -0.15) is 0 Å². The molecule has 3 rings (SSSR count). The van der Waals surface area contributed by atoms with E-state index in [1.165, 1.54) is 23.6 Å². The number of amides is 1. The lowest BCUT2D eigenvalue weighted by Crippen LogP contribution is -2.36. The highest BCUT2D eigenvalue weighted by Crippen LogP contribution is 2.25. The Hall–Kier alpha value is -2.38. The molecule has 1 atom stereocenters. The van der Waals surface area contributed by atoms with Gasteiger partial charge in [-0.3, -0.25) is 4.79 Å². The molecule has 2 aromatic carbocycles. The number of hydrogen-bond acceptors (Lipinski definition) is 4. The zero-order chi connectivity index (χ0) is 24.2. The monoisotopic (exact) mass is 472 g/mol. The van der Waals surface area contributed by atoms with Crippen molar-refractivity contribution in [3.05, 3.63) is 58.1 Å². The summed E-state index contributed by atoms with van der Waals surface area (Å²) < 4.78 is 34.0. The molecular weight excluding hydrogens is 436 g/mol. The minimum atomic E-state index is -3.57. The molecule has 180 valence electrons. The molecule has 7 heteroatoms. The summed E-state index contributed by atoms with van der Waals surface area (Å²) >= 11 is 0. The number of sulfonamides is 1. The van der Waals surface area contributed by atoms with Gasteiger partial charge in [0.1, 0.15) is 5.75 Å². The molecule has 0 heterocycles. The van der Waals surface area contributed by atoms with Crippen LogP contribution in [-0.2, 0) is 14.8 Å². The van der Waals surface area contributed by atoms with Crippen molar-refractivity contribution >= 4 is 15.9 Å². The fourth-order valence-electron chi connectivity index (χ4n) is 4.41. The van der Waals surface area contributed by atoms with E-state index >= 15 is 0 Å². The second-order valence-corrected chi connectivity index (χ2v) is 11.0. The number of aryl methyl sites for hydroxylation is 4. The first-order chi connectivity index (χ1) is 15.6. The van der Waals surface area contributed by atoms with Crippen LogP contribution in [0.5, 0.6) is 5.75 Å². The van der Waals surface area contributed by atoms with Crippen molar-refractivity contribution in [2.75, 3.05) is 6.61 Å². The van der Waals surface area contributed by atoms with E-state index in [1.54, 1.807) is 19.1 Å². The maximum absolute atomic E-state index is 12.7. The average molecular weight is 473 g/mol. The number of ether oxygens (including phenoxy) is 1. The van der Waals surface area contributed by atoms with Crippen molar-refractivity contribution in [3.63, 3.8) is 0 Å². The molecule has 0 saturated heterocycles. The Bertz CT molecular complexity index is 1110. The number of hydrogen-bond donors (Lipinski definition) is 2. The molecule has 1 fully saturated rings. The molecule has 0 spiro atoms. The average Bonchev–Trinajstić information content (AvgIpc) is 2.75. The van der Waals surface area contributed by atoms with Gasteiger partial charge in [-0.25, -0.2) is 13.1 Å². The highest BCUT2D eigenvalue weighted by Gasteiger charge is 2.22. The van der Waals surface area contributed by atoms with Crippen LogP contribution in [-0.4, -0.2) is 27.0 Å². The molecular formula is C26H36N2O4S. The lowest BCUT2D eigenvalue weighted by Gasteiger charge is -2.22. The number of rotatable bonds is 8. The maximum atomic E-state index is 12.7. The third kappa shape index (κ3) is 6.58. The van der Waals surface area contributed by atoms with E-state index in [0.717, 1.165) is 36.8 Å². The zero-order valence-electron chi connectivity index (χ0n) is 20.3. The quantitative estimate of drug-likeness (QED) is 0.579. The summed E-state index contributed by atoms with van der Waals surface area (Å²) in [6, 6.07) is 8.86. The van der Waals surface area contributed by atoms with Crippen LogP contribution in [0.1, 0.15) is 72.9 Å². The van der Waals surface area contributed by atoms with Crippen LogP contribution in [0.15, 0.2) is 35.2 Å². The summed E-state index contributed by atoms with van der Waals surface area (Å²) in [5, 5.41) is 2.98. The Morgan fingerprint density at radius 2 is 1.64 bits per heavy atom. The number of carbonyl (C=O) groups is 1. The SMILES string of the molecule is Cc1cc(C)c([C@@H](C)NC(=O)COc2ccc(S(=O)(=O)NC3CCCCC3)cc2C)cc1C. The zero-order valence-corrected chi connectivity index (χ0v) is 21.1. The van der Waals surface area contributed by atoms with Gasteiger partial charge in [-0.1, -0.05) is 31.4 Å². The fourth-order valence-corrected chi connectivity index (χ4v) is 5.80. The van der Waals surface area contributed by atoms with Crippen LogP contribution in [0.4, 0.5) is 0 Å². The van der Waals surface area contributed by atoms with Gasteiger partial charge < -0.3 is 10.1 Å². The molecule has 2 N–H and O–H groups in total. The van der Waals surface area contributed by atoms with Crippen molar-refractivity contribution in [1.82, 2.24) is 10.0 Å². The van der Waals surface area contributed by atoms with Gasteiger partial charge in [-0.05, 0) is 93.5 Å². The Balaban J connectivity index is 1.59. The van der Waals surface area contributed by atoms with E-state index in [1.807, 2.05) is 13.8 Å². The van der Waals surface area contributed by atoms with Crippen molar-refractivity contribution in [2.45, 2.75) is 83.7 Å². The van der Waals surface area contributed by atoms with Gasteiger partial charge >= 0.3 is 0 Å². The topological polar surface area (TPSA) is 84.5 Å². The first-order valence-electron chi connectivity index (χ1n) is 11.7. The molecule has 0 bridgehead atoms. The van der Waals surface area contributed by atoms with E-state index in [2.05, 4.69) is 36.0 Å². The van der Waals surface area contributed by atoms with Gasteiger partial charge in [0.2, 0.25) is 10.0 Å². The highest BCUT2D eigenvalue weighted by atomic mass is 32.2. The molecule has 0 unspecified atom stereocenters. The summed E-state index contributed by atoms with van der Waals surface area (Å²) in [4.78, 5) is 12.7. The predicted octanol–water partition coefficient (Wildman–Crippen LogP) is 4.79. The van der Waals surface area contributed by atoms with Crippen LogP contribution in [0.25, 0.3) is 0 Å². The van der Waals surface area contributed by atoms with E-state index < -0.39 is 10.0 Å². The van der Waals surface area contributed by atoms with Crippen LogP contribution < -0.4 is 14.8 Å². The Morgan fingerprint density at radius 1 is 0.970 bits per heavy atom. The van der Waals surface area contributed by atoms with E-state index in [9.17, 15) is 13.2 Å². The predicted molar refractivity (Wildman–Crippen MR) is 131 cm³/mol. The lowest BCUT2D eigenvalue weighted by atomic mass is 9.96. The molecule has 0 aromatic heterocycles. The number of carbonyl (C=O) groups excluding carboxylic acids is 1. The minimum Gasteiger partial charge on any atom is -0.484 e. The van der Waals surface area contributed by atoms with Crippen molar-refractivity contribution < 1.29 is 17.9 Å². The van der Waals surface area contributed by atoms with Crippen molar-refractivity contribution in [2.24, 2.45) is 0 Å². The fraction of sp³-hybridized carbons (Fsp3) is 0.500. The first kappa shape index (κ1) is 25.2. The number of benzene rings is 2. The summed E-state index contributed by atoms with van der Waals surface area (Å²) in [7, 11) is -3.57. The normalized spacial score (nSPS) is 15.8. The Kier molecular flexibility index (Phi) is 8.19. The van der Waals surface area contributed by atoms with E-state index in [0.29, 0.717) is 11.3 Å². The van der Waals surface area contributed by atoms with E-state index in [-0.39, 0.29) is 29.5 Å².